The Morgan fingerprint density at radius 3 is 2.67 bits per heavy atom. The monoisotopic (exact) mass is 402 g/mol. The zero-order chi connectivity index (χ0) is 20.5. The number of hydrogen-bond acceptors (Lipinski definition) is 4. The Bertz CT molecular complexity index is 1140. The van der Waals surface area contributed by atoms with Crippen LogP contribution in [-0.2, 0) is 13.0 Å². The van der Waals surface area contributed by atoms with Gasteiger partial charge in [0.15, 0.2) is 0 Å². The highest BCUT2D eigenvalue weighted by atomic mass is 16.2. The molecule has 1 amide bonds. The Morgan fingerprint density at radius 2 is 1.80 bits per heavy atom. The highest BCUT2D eigenvalue weighted by Crippen LogP contribution is 2.33. The van der Waals surface area contributed by atoms with E-state index in [1.807, 2.05) is 21.6 Å². The quantitative estimate of drug-likeness (QED) is 0.652. The van der Waals surface area contributed by atoms with E-state index in [9.17, 15) is 9.59 Å². The molecule has 1 atom stereocenters. The maximum absolute atomic E-state index is 13.3. The lowest BCUT2D eigenvalue weighted by molar-refractivity contribution is 0.0735. The lowest BCUT2D eigenvalue weighted by atomic mass is 10.0. The van der Waals surface area contributed by atoms with E-state index in [-0.39, 0.29) is 17.5 Å². The molecule has 0 aliphatic carbocycles. The van der Waals surface area contributed by atoms with Gasteiger partial charge in [0.25, 0.3) is 11.5 Å². The van der Waals surface area contributed by atoms with Crippen LogP contribution in [0, 0.1) is 0 Å². The van der Waals surface area contributed by atoms with Crippen LogP contribution in [-0.4, -0.2) is 31.9 Å². The molecule has 3 aromatic rings. The number of rotatable bonds is 2. The van der Waals surface area contributed by atoms with Gasteiger partial charge < -0.3 is 4.90 Å². The fourth-order valence-corrected chi connectivity index (χ4v) is 4.84. The van der Waals surface area contributed by atoms with Crippen LogP contribution in [0.2, 0.25) is 0 Å². The number of benzene rings is 1. The topological polar surface area (TPSA) is 68.1 Å². The lowest BCUT2D eigenvalue weighted by Gasteiger charge is -2.25. The summed E-state index contributed by atoms with van der Waals surface area (Å²) in [5, 5.41) is 0.600. The number of aryl methyl sites for hydroxylation is 1. The van der Waals surface area contributed by atoms with Crippen molar-refractivity contribution in [2.45, 2.75) is 57.5 Å². The van der Waals surface area contributed by atoms with Crippen molar-refractivity contribution in [2.24, 2.45) is 0 Å². The molecule has 2 aliphatic heterocycles. The van der Waals surface area contributed by atoms with E-state index in [0.717, 1.165) is 63.0 Å². The first-order valence-electron chi connectivity index (χ1n) is 11.0. The van der Waals surface area contributed by atoms with Crippen molar-refractivity contribution in [1.82, 2.24) is 19.4 Å². The predicted octanol–water partition coefficient (Wildman–Crippen LogP) is 3.89. The predicted molar refractivity (Wildman–Crippen MR) is 115 cm³/mol. The Balaban J connectivity index is 1.51. The highest BCUT2D eigenvalue weighted by molar-refractivity contribution is 5.98. The average molecular weight is 402 g/mol. The number of likely N-dealkylation sites (tertiary alicyclic amines) is 1. The minimum Gasteiger partial charge on any atom is -0.332 e. The number of carbonyl (C=O) groups excluding carboxylic acids is 1. The Morgan fingerprint density at radius 1 is 0.967 bits per heavy atom. The van der Waals surface area contributed by atoms with Crippen molar-refractivity contribution < 1.29 is 4.79 Å². The van der Waals surface area contributed by atoms with Gasteiger partial charge in [-0.2, -0.15) is 0 Å². The maximum Gasteiger partial charge on any atom is 0.261 e. The van der Waals surface area contributed by atoms with Crippen molar-refractivity contribution in [3.8, 4) is 0 Å². The molecule has 0 spiro atoms. The van der Waals surface area contributed by atoms with E-state index in [1.165, 1.54) is 6.42 Å². The molecular weight excluding hydrogens is 376 g/mol. The van der Waals surface area contributed by atoms with Gasteiger partial charge in [0, 0.05) is 37.5 Å². The van der Waals surface area contributed by atoms with Crippen LogP contribution < -0.4 is 5.56 Å². The molecule has 1 saturated heterocycles. The van der Waals surface area contributed by atoms with Crippen LogP contribution in [0.5, 0.6) is 0 Å². The Labute approximate surface area is 175 Å². The summed E-state index contributed by atoms with van der Waals surface area (Å²) in [4.78, 5) is 37.2. The summed E-state index contributed by atoms with van der Waals surface area (Å²) in [5.41, 5.74) is 2.38. The minimum absolute atomic E-state index is 0.00450. The zero-order valence-corrected chi connectivity index (χ0v) is 17.1. The normalized spacial score (nSPS) is 19.3. The summed E-state index contributed by atoms with van der Waals surface area (Å²) < 4.78 is 1.84. The van der Waals surface area contributed by atoms with Crippen LogP contribution >= 0.6 is 0 Å². The number of amides is 1. The molecule has 1 unspecified atom stereocenters. The molecule has 4 heterocycles. The van der Waals surface area contributed by atoms with Gasteiger partial charge in [-0.15, -0.1) is 0 Å². The molecule has 2 aliphatic rings. The smallest absolute Gasteiger partial charge is 0.261 e. The van der Waals surface area contributed by atoms with Crippen molar-refractivity contribution in [1.29, 1.82) is 0 Å². The largest absolute Gasteiger partial charge is 0.332 e. The number of nitrogens with zero attached hydrogens (tertiary/aromatic N) is 4. The zero-order valence-electron chi connectivity index (χ0n) is 17.1. The molecule has 154 valence electrons. The molecule has 1 fully saturated rings. The second-order valence-electron chi connectivity index (χ2n) is 8.32. The fraction of sp³-hybridized carbons (Fsp3) is 0.417. The molecule has 1 aromatic carbocycles. The van der Waals surface area contributed by atoms with Crippen LogP contribution in [0.1, 0.15) is 66.3 Å². The number of aromatic nitrogens is 3. The van der Waals surface area contributed by atoms with E-state index >= 15 is 0 Å². The van der Waals surface area contributed by atoms with Gasteiger partial charge in [-0.1, -0.05) is 12.8 Å². The van der Waals surface area contributed by atoms with Gasteiger partial charge in [0.05, 0.1) is 16.9 Å². The van der Waals surface area contributed by atoms with Crippen molar-refractivity contribution in [3.63, 3.8) is 0 Å². The average Bonchev–Trinajstić information content (AvgIpc) is 3.25. The van der Waals surface area contributed by atoms with Crippen molar-refractivity contribution >= 4 is 16.8 Å². The number of carbonyl (C=O) groups is 1. The van der Waals surface area contributed by atoms with Crippen LogP contribution in [0.3, 0.4) is 0 Å². The fourth-order valence-electron chi connectivity index (χ4n) is 4.84. The van der Waals surface area contributed by atoms with Crippen molar-refractivity contribution in [2.75, 3.05) is 6.54 Å². The maximum atomic E-state index is 13.3. The number of pyridine rings is 1. The van der Waals surface area contributed by atoms with E-state index in [2.05, 4.69) is 4.98 Å². The first-order chi connectivity index (χ1) is 14.7. The van der Waals surface area contributed by atoms with E-state index in [1.54, 1.807) is 30.6 Å². The minimum atomic E-state index is 0.00450. The van der Waals surface area contributed by atoms with Crippen LogP contribution in [0.25, 0.3) is 10.9 Å². The molecule has 0 radical (unpaired) electrons. The second kappa shape index (κ2) is 8.01. The number of hydrogen-bond donors (Lipinski definition) is 0. The van der Waals surface area contributed by atoms with Gasteiger partial charge in [0.1, 0.15) is 5.82 Å². The summed E-state index contributed by atoms with van der Waals surface area (Å²) in [7, 11) is 0. The van der Waals surface area contributed by atoms with Crippen LogP contribution in [0.15, 0.2) is 47.5 Å². The third-order valence-corrected chi connectivity index (χ3v) is 6.42. The van der Waals surface area contributed by atoms with Gasteiger partial charge in [-0.25, -0.2) is 4.98 Å². The van der Waals surface area contributed by atoms with E-state index in [4.69, 9.17) is 4.98 Å². The lowest BCUT2D eigenvalue weighted by Crippen LogP contribution is -2.31. The summed E-state index contributed by atoms with van der Waals surface area (Å²) in [6.07, 6.45) is 10.7. The molecule has 0 saturated carbocycles. The van der Waals surface area contributed by atoms with E-state index in [0.29, 0.717) is 16.5 Å². The first-order valence-corrected chi connectivity index (χ1v) is 11.0. The molecule has 6 heteroatoms. The Hall–Kier alpha value is -3.02. The Kier molecular flexibility index (Phi) is 5.07. The van der Waals surface area contributed by atoms with Gasteiger partial charge in [-0.05, 0) is 61.6 Å². The molecule has 30 heavy (non-hydrogen) atoms. The molecular formula is C24H26N4O2. The molecule has 0 bridgehead atoms. The second-order valence-corrected chi connectivity index (χ2v) is 8.32. The van der Waals surface area contributed by atoms with E-state index < -0.39 is 0 Å². The summed E-state index contributed by atoms with van der Waals surface area (Å²) >= 11 is 0. The summed E-state index contributed by atoms with van der Waals surface area (Å²) in [5.74, 6) is 0.859. The molecule has 5 rings (SSSR count). The molecule has 6 nitrogen and oxygen atoms in total. The van der Waals surface area contributed by atoms with Gasteiger partial charge in [-0.3, -0.25) is 19.1 Å². The first kappa shape index (κ1) is 19.0. The van der Waals surface area contributed by atoms with Gasteiger partial charge >= 0.3 is 0 Å². The summed E-state index contributed by atoms with van der Waals surface area (Å²) in [6, 6.07) is 9.41. The number of fused-ring (bicyclic) bond motifs is 2. The van der Waals surface area contributed by atoms with Crippen molar-refractivity contribution in [3.05, 3.63) is 70.0 Å². The SMILES string of the molecule is O=C(c1ccc2c(=O)n3c(nc2c1)CCCCCC3)N1CCCC1c1ccncc1. The molecule has 0 N–H and O–H groups in total. The van der Waals surface area contributed by atoms with Crippen LogP contribution in [0.4, 0.5) is 0 Å². The highest BCUT2D eigenvalue weighted by Gasteiger charge is 2.30. The van der Waals surface area contributed by atoms with Gasteiger partial charge in [0.2, 0.25) is 0 Å². The third kappa shape index (κ3) is 3.40. The summed E-state index contributed by atoms with van der Waals surface area (Å²) in [6.45, 7) is 1.48. The standard InChI is InChI=1S/C24H26N4O2/c29-23(27-15-5-6-21(27)17-10-12-25-13-11-17)18-8-9-19-20(16-18)26-22-7-3-1-2-4-14-28(22)24(19)30/h8-13,16,21H,1-7,14-15H2. The third-order valence-electron chi connectivity index (χ3n) is 6.42. The molecule has 2 aromatic heterocycles.